The number of nitrogens with zero attached hydrogens (tertiary/aromatic N) is 6. The van der Waals surface area contributed by atoms with Crippen molar-refractivity contribution in [3.8, 4) is 11.3 Å². The number of rotatable bonds is 6. The third kappa shape index (κ3) is 4.49. The van der Waals surface area contributed by atoms with E-state index >= 15 is 0 Å². The van der Waals surface area contributed by atoms with E-state index in [2.05, 4.69) is 24.4 Å². The van der Waals surface area contributed by atoms with Crippen molar-refractivity contribution >= 4 is 0 Å². The number of imidazole rings is 1. The Hall–Kier alpha value is -2.80. The highest BCUT2D eigenvalue weighted by Crippen LogP contribution is 2.19. The van der Waals surface area contributed by atoms with E-state index in [9.17, 15) is 4.79 Å². The summed E-state index contributed by atoms with van der Waals surface area (Å²) in [7, 11) is 0. The van der Waals surface area contributed by atoms with Crippen LogP contribution in [-0.2, 0) is 13.1 Å². The van der Waals surface area contributed by atoms with E-state index in [0.29, 0.717) is 11.6 Å². The Morgan fingerprint density at radius 1 is 1.07 bits per heavy atom. The molecule has 4 heterocycles. The summed E-state index contributed by atoms with van der Waals surface area (Å²) in [6.07, 6.45) is 13.0. The Balaban J connectivity index is 1.30. The first-order valence-electron chi connectivity index (χ1n) is 9.43. The average molecular weight is 364 g/mol. The number of piperidine rings is 1. The van der Waals surface area contributed by atoms with E-state index in [0.717, 1.165) is 51.1 Å². The van der Waals surface area contributed by atoms with Crippen molar-refractivity contribution in [2.45, 2.75) is 25.9 Å². The zero-order valence-corrected chi connectivity index (χ0v) is 15.3. The number of hydrogen-bond donors (Lipinski definition) is 0. The molecule has 7 nitrogen and oxygen atoms in total. The highest BCUT2D eigenvalue weighted by Gasteiger charge is 2.20. The maximum absolute atomic E-state index is 12.5. The molecule has 0 saturated carbocycles. The van der Waals surface area contributed by atoms with Crippen LogP contribution in [-0.4, -0.2) is 48.6 Å². The van der Waals surface area contributed by atoms with Gasteiger partial charge in [0.2, 0.25) is 0 Å². The molecule has 0 amide bonds. The maximum atomic E-state index is 12.5. The van der Waals surface area contributed by atoms with Crippen molar-refractivity contribution in [2.75, 3.05) is 19.6 Å². The van der Waals surface area contributed by atoms with Crippen LogP contribution >= 0.6 is 0 Å². The number of likely N-dealkylation sites (tertiary alicyclic amines) is 1. The van der Waals surface area contributed by atoms with Crippen LogP contribution in [0.1, 0.15) is 12.8 Å². The van der Waals surface area contributed by atoms with Gasteiger partial charge in [-0.3, -0.25) is 14.3 Å². The highest BCUT2D eigenvalue weighted by molar-refractivity contribution is 5.56. The van der Waals surface area contributed by atoms with Crippen LogP contribution < -0.4 is 5.56 Å². The minimum atomic E-state index is 0.00592. The van der Waals surface area contributed by atoms with Crippen LogP contribution in [0.3, 0.4) is 0 Å². The zero-order chi connectivity index (χ0) is 18.5. The smallest absolute Gasteiger partial charge is 0.253 e. The monoisotopic (exact) mass is 364 g/mol. The molecule has 3 aromatic heterocycles. The lowest BCUT2D eigenvalue weighted by Crippen LogP contribution is -2.37. The quantitative estimate of drug-likeness (QED) is 0.668. The first-order chi connectivity index (χ1) is 13.3. The molecule has 0 atom stereocenters. The second-order valence-corrected chi connectivity index (χ2v) is 7.09. The van der Waals surface area contributed by atoms with Crippen molar-refractivity contribution in [3.63, 3.8) is 0 Å². The van der Waals surface area contributed by atoms with Crippen LogP contribution in [0.25, 0.3) is 11.3 Å². The van der Waals surface area contributed by atoms with Gasteiger partial charge < -0.3 is 9.47 Å². The van der Waals surface area contributed by atoms with Crippen LogP contribution in [0, 0.1) is 5.92 Å². The van der Waals surface area contributed by atoms with E-state index in [1.54, 1.807) is 29.4 Å². The van der Waals surface area contributed by atoms with Gasteiger partial charge in [-0.25, -0.2) is 9.97 Å². The van der Waals surface area contributed by atoms with E-state index in [1.807, 2.05) is 30.9 Å². The summed E-state index contributed by atoms with van der Waals surface area (Å²) in [5.41, 5.74) is 1.55. The van der Waals surface area contributed by atoms with Gasteiger partial charge >= 0.3 is 0 Å². The molecule has 0 radical (unpaired) electrons. The Morgan fingerprint density at radius 3 is 2.67 bits per heavy atom. The molecule has 0 bridgehead atoms. The van der Waals surface area contributed by atoms with Gasteiger partial charge in [0.05, 0.1) is 18.3 Å². The summed E-state index contributed by atoms with van der Waals surface area (Å²) in [6, 6.07) is 5.37. The topological polar surface area (TPSA) is 68.8 Å². The molecule has 0 aromatic carbocycles. The lowest BCUT2D eigenvalue weighted by molar-refractivity contribution is 0.168. The fraction of sp³-hybridized carbons (Fsp3) is 0.400. The van der Waals surface area contributed by atoms with E-state index in [1.165, 1.54) is 0 Å². The molecule has 1 aliphatic rings. The second-order valence-electron chi connectivity index (χ2n) is 7.09. The van der Waals surface area contributed by atoms with Crippen LogP contribution in [0.4, 0.5) is 0 Å². The SMILES string of the molecule is O=c1cc(-c2cccnc2)ncn1CC1CCN(CCn2ccnc2)CC1. The first-order valence-corrected chi connectivity index (χ1v) is 9.43. The van der Waals surface area contributed by atoms with E-state index in [-0.39, 0.29) is 5.56 Å². The Morgan fingerprint density at radius 2 is 1.96 bits per heavy atom. The van der Waals surface area contributed by atoms with Crippen molar-refractivity contribution < 1.29 is 0 Å². The molecule has 3 aromatic rings. The van der Waals surface area contributed by atoms with Crippen LogP contribution in [0.2, 0.25) is 0 Å². The molecule has 0 spiro atoms. The van der Waals surface area contributed by atoms with Crippen molar-refractivity contribution in [2.24, 2.45) is 5.92 Å². The summed E-state index contributed by atoms with van der Waals surface area (Å²) < 4.78 is 3.85. The minimum Gasteiger partial charge on any atom is -0.336 e. The maximum Gasteiger partial charge on any atom is 0.253 e. The predicted molar refractivity (Wildman–Crippen MR) is 103 cm³/mol. The molecule has 0 aliphatic carbocycles. The number of hydrogen-bond acceptors (Lipinski definition) is 5. The second kappa shape index (κ2) is 8.26. The fourth-order valence-corrected chi connectivity index (χ4v) is 3.58. The molecular formula is C20H24N6O. The summed E-state index contributed by atoms with van der Waals surface area (Å²) >= 11 is 0. The summed E-state index contributed by atoms with van der Waals surface area (Å²) in [4.78, 5) is 27.6. The molecule has 140 valence electrons. The van der Waals surface area contributed by atoms with Crippen LogP contribution in [0.15, 0.2) is 60.4 Å². The van der Waals surface area contributed by atoms with Gasteiger partial charge in [-0.2, -0.15) is 0 Å². The first kappa shape index (κ1) is 17.6. The minimum absolute atomic E-state index is 0.00592. The molecule has 7 heteroatoms. The van der Waals surface area contributed by atoms with Crippen molar-refractivity contribution in [3.05, 3.63) is 66.0 Å². The molecule has 0 unspecified atom stereocenters. The standard InChI is InChI=1S/C20H24N6O/c27-20-12-19(18-2-1-5-21-13-18)23-16-26(20)14-17-3-7-24(8-4-17)10-11-25-9-6-22-15-25/h1-2,5-6,9,12-13,15-17H,3-4,7-8,10-11,14H2. The molecule has 4 rings (SSSR count). The molecular weight excluding hydrogens is 340 g/mol. The number of pyridine rings is 1. The lowest BCUT2D eigenvalue weighted by atomic mass is 9.96. The zero-order valence-electron chi connectivity index (χ0n) is 15.3. The normalized spacial score (nSPS) is 15.9. The number of aromatic nitrogens is 5. The van der Waals surface area contributed by atoms with Crippen molar-refractivity contribution in [1.82, 2.24) is 29.0 Å². The van der Waals surface area contributed by atoms with Gasteiger partial charge in [0.25, 0.3) is 5.56 Å². The average Bonchev–Trinajstić information content (AvgIpc) is 3.23. The third-order valence-electron chi connectivity index (χ3n) is 5.23. The Kier molecular flexibility index (Phi) is 5.39. The molecule has 27 heavy (non-hydrogen) atoms. The summed E-state index contributed by atoms with van der Waals surface area (Å²) in [6.45, 7) is 4.92. The van der Waals surface area contributed by atoms with Crippen LogP contribution in [0.5, 0.6) is 0 Å². The highest BCUT2D eigenvalue weighted by atomic mass is 16.1. The van der Waals surface area contributed by atoms with Gasteiger partial charge in [0.1, 0.15) is 0 Å². The van der Waals surface area contributed by atoms with Gasteiger partial charge in [-0.05, 0) is 44.0 Å². The molecule has 0 N–H and O–H groups in total. The van der Waals surface area contributed by atoms with Crippen molar-refractivity contribution in [1.29, 1.82) is 0 Å². The fourth-order valence-electron chi connectivity index (χ4n) is 3.58. The Bertz CT molecular complexity index is 898. The largest absolute Gasteiger partial charge is 0.336 e. The van der Waals surface area contributed by atoms with E-state index < -0.39 is 0 Å². The molecule has 1 aliphatic heterocycles. The Labute approximate surface area is 158 Å². The van der Waals surface area contributed by atoms with Gasteiger partial charge in [0, 0.05) is 56.1 Å². The molecule has 1 saturated heterocycles. The summed E-state index contributed by atoms with van der Waals surface area (Å²) in [5.74, 6) is 0.526. The van der Waals surface area contributed by atoms with Gasteiger partial charge in [-0.1, -0.05) is 0 Å². The van der Waals surface area contributed by atoms with Gasteiger partial charge in [-0.15, -0.1) is 0 Å². The summed E-state index contributed by atoms with van der Waals surface area (Å²) in [5, 5.41) is 0. The predicted octanol–water partition coefficient (Wildman–Crippen LogP) is 1.91. The van der Waals surface area contributed by atoms with E-state index in [4.69, 9.17) is 0 Å². The lowest BCUT2D eigenvalue weighted by Gasteiger charge is -2.32. The van der Waals surface area contributed by atoms with Gasteiger partial charge in [0.15, 0.2) is 0 Å². The third-order valence-corrected chi connectivity index (χ3v) is 5.23. The molecule has 1 fully saturated rings.